The van der Waals surface area contributed by atoms with Crippen molar-refractivity contribution in [3.8, 4) is 17.1 Å². The second kappa shape index (κ2) is 4.87. The molecule has 0 spiro atoms. The highest BCUT2D eigenvalue weighted by Gasteiger charge is 2.24. The topological polar surface area (TPSA) is 59.6 Å². The maximum atomic E-state index is 9.27. The molecule has 1 aliphatic rings. The highest BCUT2D eigenvalue weighted by Crippen LogP contribution is 2.34. The molecule has 0 amide bonds. The number of ether oxygens (including phenoxy) is 1. The van der Waals surface area contributed by atoms with Crippen LogP contribution in [0.25, 0.3) is 22.4 Å². The van der Waals surface area contributed by atoms with Crippen molar-refractivity contribution in [2.75, 3.05) is 7.11 Å². The molecule has 0 unspecified atom stereocenters. The van der Waals surface area contributed by atoms with Gasteiger partial charge in [-0.2, -0.15) is 0 Å². The minimum absolute atomic E-state index is 0.669. The Morgan fingerprint density at radius 1 is 1.23 bits per heavy atom. The summed E-state index contributed by atoms with van der Waals surface area (Å²) in [4.78, 5) is 4.78. The highest BCUT2D eigenvalue weighted by molar-refractivity contribution is 6.11. The van der Waals surface area contributed by atoms with Gasteiger partial charge >= 0.3 is 0 Å². The summed E-state index contributed by atoms with van der Waals surface area (Å²) in [5.41, 5.74) is 4.49. The first kappa shape index (κ1) is 12.9. The Kier molecular flexibility index (Phi) is 2.85. The fraction of sp³-hybridized carbons (Fsp3) is 0.176. The second-order valence-electron chi connectivity index (χ2n) is 5.29. The van der Waals surface area contributed by atoms with E-state index in [1.165, 1.54) is 0 Å². The van der Waals surface area contributed by atoms with Crippen molar-refractivity contribution in [2.24, 2.45) is 5.16 Å². The van der Waals surface area contributed by atoms with Gasteiger partial charge in [0.1, 0.15) is 11.6 Å². The molecule has 0 bridgehead atoms. The minimum Gasteiger partial charge on any atom is -0.497 e. The van der Waals surface area contributed by atoms with Crippen LogP contribution in [0.15, 0.2) is 47.6 Å². The van der Waals surface area contributed by atoms with Crippen LogP contribution in [0.3, 0.4) is 0 Å². The van der Waals surface area contributed by atoms with E-state index in [0.717, 1.165) is 40.3 Å². The van der Waals surface area contributed by atoms with Gasteiger partial charge in [-0.15, -0.1) is 0 Å². The molecule has 0 aliphatic carbocycles. The molecule has 0 radical (unpaired) electrons. The number of nitrogens with zero attached hydrogens (tertiary/aromatic N) is 3. The largest absolute Gasteiger partial charge is 0.497 e. The molecule has 0 fully saturated rings. The lowest BCUT2D eigenvalue weighted by Gasteiger charge is -2.18. The van der Waals surface area contributed by atoms with Crippen molar-refractivity contribution in [3.63, 3.8) is 0 Å². The molecule has 2 heterocycles. The third kappa shape index (κ3) is 1.79. The van der Waals surface area contributed by atoms with Crippen LogP contribution in [0, 0.1) is 0 Å². The molecule has 3 aromatic rings. The fourth-order valence-electron chi connectivity index (χ4n) is 3.06. The van der Waals surface area contributed by atoms with Gasteiger partial charge in [-0.1, -0.05) is 35.5 Å². The number of hydrogen-bond acceptors (Lipinski definition) is 4. The molecular weight excluding hydrogens is 278 g/mol. The third-order valence-electron chi connectivity index (χ3n) is 4.09. The summed E-state index contributed by atoms with van der Waals surface area (Å²) in [6.07, 6.45) is 0.669. The van der Waals surface area contributed by atoms with Crippen molar-refractivity contribution in [2.45, 2.75) is 13.0 Å². The Morgan fingerprint density at radius 3 is 2.77 bits per heavy atom. The summed E-state index contributed by atoms with van der Waals surface area (Å²) >= 11 is 0. The Bertz CT molecular complexity index is 882. The van der Waals surface area contributed by atoms with Gasteiger partial charge in [-0.25, -0.2) is 4.98 Å². The Labute approximate surface area is 127 Å². The molecule has 2 aromatic carbocycles. The fourth-order valence-corrected chi connectivity index (χ4v) is 3.06. The summed E-state index contributed by atoms with van der Waals surface area (Å²) in [6.45, 7) is 0.749. The number of hydrogen-bond donors (Lipinski definition) is 1. The maximum Gasteiger partial charge on any atom is 0.141 e. The zero-order chi connectivity index (χ0) is 15.1. The SMILES string of the molecule is COc1cc2c3c(c1)nc(-c1ccccc1)n3CC/C2=N\O. The number of aryl methyl sites for hydroxylation is 1. The number of methoxy groups -OCH3 is 1. The van der Waals surface area contributed by atoms with Crippen molar-refractivity contribution >= 4 is 16.7 Å². The molecule has 0 saturated heterocycles. The molecule has 1 aromatic heterocycles. The Hall–Kier alpha value is -2.82. The summed E-state index contributed by atoms with van der Waals surface area (Å²) in [6, 6.07) is 13.9. The summed E-state index contributed by atoms with van der Waals surface area (Å²) in [5, 5.41) is 12.7. The average Bonchev–Trinajstić information content (AvgIpc) is 2.96. The van der Waals surface area contributed by atoms with Crippen LogP contribution in [0.1, 0.15) is 12.0 Å². The van der Waals surface area contributed by atoms with Gasteiger partial charge in [-0.05, 0) is 6.07 Å². The smallest absolute Gasteiger partial charge is 0.141 e. The number of rotatable bonds is 2. The lowest BCUT2D eigenvalue weighted by molar-refractivity contribution is 0.317. The van der Waals surface area contributed by atoms with Gasteiger partial charge < -0.3 is 14.5 Å². The zero-order valence-electron chi connectivity index (χ0n) is 12.2. The van der Waals surface area contributed by atoms with E-state index in [9.17, 15) is 5.21 Å². The Balaban J connectivity index is 2.06. The standard InChI is InChI=1S/C17H15N3O2/c1-22-12-9-13-14(19-21)7-8-20-16(13)15(10-12)18-17(20)11-5-3-2-4-6-11/h2-6,9-10,21H,7-8H2,1H3/b19-14+. The van der Waals surface area contributed by atoms with E-state index < -0.39 is 0 Å². The molecule has 22 heavy (non-hydrogen) atoms. The molecular formula is C17H15N3O2. The quantitative estimate of drug-likeness (QED) is 0.582. The molecule has 1 N–H and O–H groups in total. The first-order valence-corrected chi connectivity index (χ1v) is 7.17. The molecule has 1 aliphatic heterocycles. The van der Waals surface area contributed by atoms with E-state index >= 15 is 0 Å². The average molecular weight is 293 g/mol. The predicted octanol–water partition coefficient (Wildman–Crippen LogP) is 3.29. The van der Waals surface area contributed by atoms with Crippen molar-refractivity contribution in [3.05, 3.63) is 48.0 Å². The summed E-state index contributed by atoms with van der Waals surface area (Å²) < 4.78 is 7.54. The van der Waals surface area contributed by atoms with E-state index in [1.807, 2.05) is 30.3 Å². The Morgan fingerprint density at radius 2 is 2.05 bits per heavy atom. The van der Waals surface area contributed by atoms with E-state index in [-0.39, 0.29) is 0 Å². The van der Waals surface area contributed by atoms with Crippen molar-refractivity contribution in [1.29, 1.82) is 0 Å². The van der Waals surface area contributed by atoms with Crippen LogP contribution in [0.4, 0.5) is 0 Å². The van der Waals surface area contributed by atoms with Crippen LogP contribution in [-0.2, 0) is 6.54 Å². The van der Waals surface area contributed by atoms with Crippen LogP contribution in [0.2, 0.25) is 0 Å². The van der Waals surface area contributed by atoms with Gasteiger partial charge in [0, 0.05) is 30.2 Å². The van der Waals surface area contributed by atoms with E-state index in [2.05, 4.69) is 21.9 Å². The monoisotopic (exact) mass is 293 g/mol. The van der Waals surface area contributed by atoms with E-state index in [1.54, 1.807) is 7.11 Å². The predicted molar refractivity (Wildman–Crippen MR) is 84.7 cm³/mol. The summed E-state index contributed by atoms with van der Waals surface area (Å²) in [5.74, 6) is 1.65. The lowest BCUT2D eigenvalue weighted by Crippen LogP contribution is -2.16. The van der Waals surface area contributed by atoms with E-state index in [4.69, 9.17) is 9.72 Å². The molecule has 0 saturated carbocycles. The molecule has 4 rings (SSSR count). The van der Waals surface area contributed by atoms with Gasteiger partial charge in [0.25, 0.3) is 0 Å². The summed E-state index contributed by atoms with van der Waals surface area (Å²) in [7, 11) is 1.63. The number of benzene rings is 2. The van der Waals surface area contributed by atoms with Crippen LogP contribution >= 0.6 is 0 Å². The minimum atomic E-state index is 0.669. The number of oxime groups is 1. The lowest BCUT2D eigenvalue weighted by atomic mass is 10.0. The van der Waals surface area contributed by atoms with Crippen molar-refractivity contribution in [1.82, 2.24) is 9.55 Å². The van der Waals surface area contributed by atoms with Gasteiger partial charge in [0.05, 0.1) is 23.9 Å². The van der Waals surface area contributed by atoms with Gasteiger partial charge in [0.15, 0.2) is 0 Å². The van der Waals surface area contributed by atoms with Crippen LogP contribution in [0.5, 0.6) is 5.75 Å². The van der Waals surface area contributed by atoms with Crippen LogP contribution in [-0.4, -0.2) is 27.6 Å². The maximum absolute atomic E-state index is 9.27. The molecule has 5 heteroatoms. The van der Waals surface area contributed by atoms with E-state index in [0.29, 0.717) is 12.1 Å². The number of imidazole rings is 1. The highest BCUT2D eigenvalue weighted by atomic mass is 16.5. The normalized spacial score (nSPS) is 15.4. The second-order valence-corrected chi connectivity index (χ2v) is 5.29. The first-order valence-electron chi connectivity index (χ1n) is 7.17. The number of aromatic nitrogens is 2. The molecule has 0 atom stereocenters. The zero-order valence-corrected chi connectivity index (χ0v) is 12.2. The van der Waals surface area contributed by atoms with Crippen molar-refractivity contribution < 1.29 is 9.94 Å². The van der Waals surface area contributed by atoms with Gasteiger partial charge in [0.2, 0.25) is 0 Å². The molecule has 5 nitrogen and oxygen atoms in total. The van der Waals surface area contributed by atoms with Crippen LogP contribution < -0.4 is 4.74 Å². The van der Waals surface area contributed by atoms with Gasteiger partial charge in [-0.3, -0.25) is 0 Å². The first-order chi connectivity index (χ1) is 10.8. The third-order valence-corrected chi connectivity index (χ3v) is 4.09. The molecule has 110 valence electrons.